The number of pyridine rings is 1. The van der Waals surface area contributed by atoms with E-state index in [4.69, 9.17) is 0 Å². The lowest BCUT2D eigenvalue weighted by Gasteiger charge is -2.23. The van der Waals surface area contributed by atoms with E-state index >= 15 is 0 Å². The maximum Gasteiger partial charge on any atom is 0.443 e. The molecule has 3 N–H and O–H groups in total. The summed E-state index contributed by atoms with van der Waals surface area (Å²) < 4.78 is 45.0. The van der Waals surface area contributed by atoms with Gasteiger partial charge >= 0.3 is 12.1 Å². The van der Waals surface area contributed by atoms with E-state index < -0.39 is 40.6 Å². The second kappa shape index (κ2) is 13.5. The third kappa shape index (κ3) is 8.09. The van der Waals surface area contributed by atoms with E-state index in [2.05, 4.69) is 25.7 Å². The highest BCUT2D eigenvalue weighted by Crippen LogP contribution is 2.44. The predicted octanol–water partition coefficient (Wildman–Crippen LogP) is 3.18. The Morgan fingerprint density at radius 2 is 2.00 bits per heavy atom. The van der Waals surface area contributed by atoms with Crippen LogP contribution in [-0.2, 0) is 31.8 Å². The molecule has 2 saturated carbocycles. The molecule has 2 aromatic heterocycles. The molecule has 2 aliphatic carbocycles. The van der Waals surface area contributed by atoms with E-state index in [0.29, 0.717) is 11.8 Å². The number of halogens is 3. The van der Waals surface area contributed by atoms with Crippen LogP contribution in [0, 0.1) is 18.8 Å². The maximum atomic E-state index is 13.2. The van der Waals surface area contributed by atoms with Gasteiger partial charge in [0, 0.05) is 18.3 Å². The molecule has 2 fully saturated rings. The van der Waals surface area contributed by atoms with Gasteiger partial charge in [-0.05, 0) is 63.0 Å². The molecule has 232 valence electrons. The number of amides is 3. The Balaban J connectivity index is 1.45. The number of fused-ring (bicyclic) bond motifs is 2. The summed E-state index contributed by atoms with van der Waals surface area (Å²) >= 11 is 0.146. The molecule has 3 amide bonds. The summed E-state index contributed by atoms with van der Waals surface area (Å²) in [6, 6.07) is 1.61. The minimum Gasteiger partial charge on any atom is -0.466 e. The van der Waals surface area contributed by atoms with Crippen LogP contribution in [0.1, 0.15) is 58.9 Å². The first-order valence-corrected chi connectivity index (χ1v) is 14.6. The van der Waals surface area contributed by atoms with Gasteiger partial charge in [-0.3, -0.25) is 19.2 Å². The third-order valence-corrected chi connectivity index (χ3v) is 8.82. The fourth-order valence-corrected chi connectivity index (χ4v) is 6.37. The van der Waals surface area contributed by atoms with Crippen molar-refractivity contribution in [3.63, 3.8) is 0 Å². The number of ether oxygens (including phenoxy) is 1. The molecule has 2 heterocycles. The van der Waals surface area contributed by atoms with E-state index in [1.807, 2.05) is 0 Å². The summed E-state index contributed by atoms with van der Waals surface area (Å²) in [7, 11) is 1.18. The Labute approximate surface area is 248 Å². The Hall–Kier alpha value is -4.01. The van der Waals surface area contributed by atoms with Crippen molar-refractivity contribution < 1.29 is 37.1 Å². The molecular weight excluding hydrogens is 591 g/mol. The molecule has 4 atom stereocenters. The van der Waals surface area contributed by atoms with Gasteiger partial charge < -0.3 is 25.3 Å². The van der Waals surface area contributed by atoms with Crippen LogP contribution in [-0.4, -0.2) is 52.4 Å². The number of allylic oxidation sites excluding steroid dienone is 1. The monoisotopic (exact) mass is 623 g/mol. The van der Waals surface area contributed by atoms with Gasteiger partial charge in [0.1, 0.15) is 23.2 Å². The SMILES string of the molecule is COC(=O)/C=C/CC[C@H](NC(=O)c1sc(C(F)(F)F)nc1C)C(=O)Nc1cccn(CC(=O)N[C@@H]2C[C@H]3CC[C@@H]2C3)c1=O. The molecule has 0 aliphatic heterocycles. The quantitative estimate of drug-likeness (QED) is 0.257. The zero-order valence-electron chi connectivity index (χ0n) is 23.5. The molecule has 0 saturated heterocycles. The van der Waals surface area contributed by atoms with Crippen molar-refractivity contribution >= 4 is 40.7 Å². The highest BCUT2D eigenvalue weighted by atomic mass is 32.1. The predicted molar refractivity (Wildman–Crippen MR) is 150 cm³/mol. The number of hydrogen-bond acceptors (Lipinski definition) is 8. The Morgan fingerprint density at radius 3 is 2.63 bits per heavy atom. The molecule has 0 spiro atoms. The van der Waals surface area contributed by atoms with Crippen LogP contribution < -0.4 is 21.5 Å². The number of nitrogens with one attached hydrogen (secondary N) is 3. The minimum absolute atomic E-state index is 0.0674. The van der Waals surface area contributed by atoms with Gasteiger partial charge in [-0.25, -0.2) is 9.78 Å². The van der Waals surface area contributed by atoms with Crippen molar-refractivity contribution in [3.05, 3.63) is 56.4 Å². The Morgan fingerprint density at radius 1 is 1.23 bits per heavy atom. The Kier molecular flexibility index (Phi) is 10.0. The number of methoxy groups -OCH3 is 1. The van der Waals surface area contributed by atoms with Crippen LogP contribution in [0.4, 0.5) is 18.9 Å². The van der Waals surface area contributed by atoms with Crippen LogP contribution in [0.2, 0.25) is 0 Å². The average Bonchev–Trinajstić information content (AvgIpc) is 3.68. The van der Waals surface area contributed by atoms with Crippen molar-refractivity contribution in [1.82, 2.24) is 20.2 Å². The van der Waals surface area contributed by atoms with Gasteiger partial charge in [0.15, 0.2) is 5.01 Å². The number of hydrogen-bond donors (Lipinski definition) is 3. The molecule has 15 heteroatoms. The zero-order chi connectivity index (χ0) is 31.3. The Bertz CT molecular complexity index is 1470. The fraction of sp³-hybridized carbons (Fsp3) is 0.500. The molecule has 2 bridgehead atoms. The van der Waals surface area contributed by atoms with Gasteiger partial charge in [-0.15, -0.1) is 11.3 Å². The van der Waals surface area contributed by atoms with Crippen LogP contribution in [0.25, 0.3) is 0 Å². The van der Waals surface area contributed by atoms with Gasteiger partial charge in [-0.2, -0.15) is 13.2 Å². The number of carbonyl (C=O) groups is 4. The van der Waals surface area contributed by atoms with Crippen LogP contribution in [0.15, 0.2) is 35.3 Å². The van der Waals surface area contributed by atoms with Crippen molar-refractivity contribution in [2.75, 3.05) is 12.4 Å². The van der Waals surface area contributed by atoms with Crippen molar-refractivity contribution in [2.24, 2.45) is 11.8 Å². The van der Waals surface area contributed by atoms with Crippen LogP contribution in [0.5, 0.6) is 0 Å². The summed E-state index contributed by atoms with van der Waals surface area (Å²) in [6.45, 7) is 0.996. The highest BCUT2D eigenvalue weighted by molar-refractivity contribution is 7.13. The summed E-state index contributed by atoms with van der Waals surface area (Å²) in [5, 5.41) is 6.67. The molecule has 0 radical (unpaired) electrons. The molecule has 0 unspecified atom stereocenters. The number of aryl methyl sites for hydroxylation is 1. The van der Waals surface area contributed by atoms with Crippen molar-refractivity contribution in [2.45, 2.75) is 70.3 Å². The summed E-state index contributed by atoms with van der Waals surface area (Å²) in [5.41, 5.74) is -0.963. The maximum absolute atomic E-state index is 13.2. The highest BCUT2D eigenvalue weighted by Gasteiger charge is 2.40. The topological polar surface area (TPSA) is 148 Å². The van der Waals surface area contributed by atoms with E-state index in [0.717, 1.165) is 29.9 Å². The molecule has 43 heavy (non-hydrogen) atoms. The summed E-state index contributed by atoms with van der Waals surface area (Å²) in [5.74, 6) is -1.64. The number of thiazole rings is 1. The number of alkyl halides is 3. The molecule has 2 aliphatic rings. The van der Waals surface area contributed by atoms with Gasteiger partial charge in [-0.1, -0.05) is 12.5 Å². The van der Waals surface area contributed by atoms with E-state index in [1.54, 1.807) is 0 Å². The number of esters is 1. The molecular formula is C28H32F3N5O6S. The first kappa shape index (κ1) is 31.9. The first-order valence-electron chi connectivity index (χ1n) is 13.7. The van der Waals surface area contributed by atoms with Gasteiger partial charge in [0.25, 0.3) is 11.5 Å². The number of anilines is 1. The number of rotatable bonds is 11. The second-order valence-electron chi connectivity index (χ2n) is 10.7. The van der Waals surface area contributed by atoms with Gasteiger partial charge in [0.05, 0.1) is 12.8 Å². The van der Waals surface area contributed by atoms with Crippen LogP contribution >= 0.6 is 11.3 Å². The molecule has 2 aromatic rings. The smallest absolute Gasteiger partial charge is 0.443 e. The fourth-order valence-electron chi connectivity index (χ4n) is 5.54. The van der Waals surface area contributed by atoms with Gasteiger partial charge in [0.2, 0.25) is 11.8 Å². The third-order valence-electron chi connectivity index (χ3n) is 7.62. The summed E-state index contributed by atoms with van der Waals surface area (Å²) in [4.78, 5) is 66.4. The largest absolute Gasteiger partial charge is 0.466 e. The second-order valence-corrected chi connectivity index (χ2v) is 11.7. The number of nitrogens with zero attached hydrogens (tertiary/aromatic N) is 2. The van der Waals surface area contributed by atoms with Crippen LogP contribution in [0.3, 0.4) is 0 Å². The molecule has 11 nitrogen and oxygen atoms in total. The van der Waals surface area contributed by atoms with Crippen molar-refractivity contribution in [1.29, 1.82) is 0 Å². The molecule has 0 aromatic carbocycles. The zero-order valence-corrected chi connectivity index (χ0v) is 24.3. The summed E-state index contributed by atoms with van der Waals surface area (Å²) in [6.07, 6.45) is 3.53. The lowest BCUT2D eigenvalue weighted by molar-refractivity contribution is -0.138. The first-order chi connectivity index (χ1) is 20.3. The lowest BCUT2D eigenvalue weighted by atomic mass is 9.95. The van der Waals surface area contributed by atoms with E-state index in [9.17, 15) is 37.1 Å². The lowest BCUT2D eigenvalue weighted by Crippen LogP contribution is -2.45. The average molecular weight is 624 g/mol. The standard InChI is InChI=1S/C28H32F3N5O6S/c1-15-23(43-27(32-15)28(29,30)31)25(40)34-18(6-3-4-8-22(38)42-2)24(39)35-19-7-5-11-36(26(19)41)14-21(37)33-20-13-16-9-10-17(20)12-16/h4-5,7-8,11,16-18,20H,3,6,9-10,12-14H2,1-2H3,(H,33,37)(H,34,40)(H,35,39)/b8-4+/t16-,17+,18-,20+/m0/s1. The molecule has 4 rings (SSSR count). The van der Waals surface area contributed by atoms with Crippen molar-refractivity contribution in [3.8, 4) is 0 Å². The number of carbonyl (C=O) groups excluding carboxylic acids is 4. The number of aromatic nitrogens is 2. The minimum atomic E-state index is -4.75. The normalized spacial score (nSPS) is 20.2. The van der Waals surface area contributed by atoms with E-state index in [-0.39, 0.29) is 58.9 Å². The van der Waals surface area contributed by atoms with E-state index in [1.165, 1.54) is 44.9 Å².